The molecule has 3 rings (SSSR count). The van der Waals surface area contributed by atoms with E-state index in [0.29, 0.717) is 25.6 Å². The Kier molecular flexibility index (Phi) is 6.01. The fraction of sp³-hybridized carbons (Fsp3) is 0.350. The molecule has 7 heteroatoms. The topological polar surface area (TPSA) is 73.8 Å². The first-order valence-electron chi connectivity index (χ1n) is 9.08. The van der Waals surface area contributed by atoms with Gasteiger partial charge in [-0.25, -0.2) is 8.42 Å². The monoisotopic (exact) mass is 386 g/mol. The highest BCUT2D eigenvalue weighted by atomic mass is 32.2. The second-order valence-electron chi connectivity index (χ2n) is 6.61. The molecule has 2 aromatic carbocycles. The molecular formula is C20H26N4O2S. The average molecular weight is 387 g/mol. The third kappa shape index (κ3) is 4.80. The van der Waals surface area contributed by atoms with Gasteiger partial charge in [0, 0.05) is 26.7 Å². The van der Waals surface area contributed by atoms with Crippen LogP contribution in [0.2, 0.25) is 0 Å². The lowest BCUT2D eigenvalue weighted by molar-refractivity contribution is 0.591. The summed E-state index contributed by atoms with van der Waals surface area (Å²) in [6.07, 6.45) is 0.766. The van der Waals surface area contributed by atoms with Gasteiger partial charge < -0.3 is 10.6 Å². The molecule has 6 nitrogen and oxygen atoms in total. The quantitative estimate of drug-likeness (QED) is 0.589. The molecule has 27 heavy (non-hydrogen) atoms. The smallest absolute Gasteiger partial charge is 0.236 e. The van der Waals surface area contributed by atoms with E-state index in [4.69, 9.17) is 0 Å². The first-order valence-corrected chi connectivity index (χ1v) is 10.7. The summed E-state index contributed by atoms with van der Waals surface area (Å²) in [7, 11) is -1.68. The molecule has 1 aliphatic heterocycles. The summed E-state index contributed by atoms with van der Waals surface area (Å²) in [5.74, 6) is 0.612. The maximum Gasteiger partial charge on any atom is 0.236 e. The van der Waals surface area contributed by atoms with Crippen LogP contribution in [0.3, 0.4) is 0 Å². The standard InChI is InChI=1S/C20H26N4O2S/c1-16-6-5-7-17(14-16)15-23-20(21-2)22-11-13-27(25,26)24-12-10-18-8-3-4-9-19(18)24/h3-9,14H,10-13,15H2,1-2H3,(H2,21,22,23). The van der Waals surface area contributed by atoms with E-state index in [1.54, 1.807) is 7.05 Å². The van der Waals surface area contributed by atoms with Crippen molar-refractivity contribution in [3.05, 3.63) is 65.2 Å². The number of benzene rings is 2. The van der Waals surface area contributed by atoms with Crippen LogP contribution >= 0.6 is 0 Å². The number of aliphatic imine (C=N–C) groups is 1. The Hall–Kier alpha value is -2.54. The van der Waals surface area contributed by atoms with E-state index in [0.717, 1.165) is 23.2 Å². The summed E-state index contributed by atoms with van der Waals surface area (Å²) >= 11 is 0. The highest BCUT2D eigenvalue weighted by Crippen LogP contribution is 2.29. The molecule has 0 aliphatic carbocycles. The minimum Gasteiger partial charge on any atom is -0.355 e. The molecule has 0 saturated carbocycles. The first kappa shape index (κ1) is 19.2. The lowest BCUT2D eigenvalue weighted by Crippen LogP contribution is -2.41. The zero-order valence-electron chi connectivity index (χ0n) is 15.8. The van der Waals surface area contributed by atoms with Crippen molar-refractivity contribution in [2.75, 3.05) is 30.2 Å². The van der Waals surface area contributed by atoms with Gasteiger partial charge in [-0.05, 0) is 30.5 Å². The Morgan fingerprint density at radius 1 is 1.15 bits per heavy atom. The number of aryl methyl sites for hydroxylation is 1. The van der Waals surface area contributed by atoms with Gasteiger partial charge in [-0.2, -0.15) is 0 Å². The Bertz CT molecular complexity index is 925. The van der Waals surface area contributed by atoms with Crippen molar-refractivity contribution in [2.24, 2.45) is 4.99 Å². The normalized spacial score (nSPS) is 14.1. The Morgan fingerprint density at radius 3 is 2.74 bits per heavy atom. The van der Waals surface area contributed by atoms with E-state index in [1.165, 1.54) is 9.87 Å². The number of guanidine groups is 1. The third-order valence-electron chi connectivity index (χ3n) is 4.60. The molecule has 144 valence electrons. The summed E-state index contributed by atoms with van der Waals surface area (Å²) in [6.45, 7) is 3.50. The van der Waals surface area contributed by atoms with Gasteiger partial charge in [0.15, 0.2) is 5.96 Å². The van der Waals surface area contributed by atoms with E-state index < -0.39 is 10.0 Å². The van der Waals surface area contributed by atoms with Crippen molar-refractivity contribution in [1.82, 2.24) is 10.6 Å². The van der Waals surface area contributed by atoms with Crippen LogP contribution < -0.4 is 14.9 Å². The second kappa shape index (κ2) is 8.43. The molecule has 1 heterocycles. The van der Waals surface area contributed by atoms with Crippen LogP contribution in [-0.2, 0) is 23.0 Å². The van der Waals surface area contributed by atoms with Gasteiger partial charge in [0.1, 0.15) is 0 Å². The number of nitrogens with one attached hydrogen (secondary N) is 2. The predicted octanol–water partition coefficient (Wildman–Crippen LogP) is 2.05. The van der Waals surface area contributed by atoms with E-state index in [2.05, 4.69) is 34.7 Å². The van der Waals surface area contributed by atoms with E-state index in [-0.39, 0.29) is 5.75 Å². The predicted molar refractivity (Wildman–Crippen MR) is 111 cm³/mol. The van der Waals surface area contributed by atoms with E-state index in [9.17, 15) is 8.42 Å². The second-order valence-corrected chi connectivity index (χ2v) is 8.62. The summed E-state index contributed by atoms with van der Waals surface area (Å²) < 4.78 is 26.9. The molecule has 0 saturated heterocycles. The van der Waals surface area contributed by atoms with Crippen LogP contribution in [0, 0.1) is 6.92 Å². The van der Waals surface area contributed by atoms with Crippen LogP contribution in [0.4, 0.5) is 5.69 Å². The highest BCUT2D eigenvalue weighted by molar-refractivity contribution is 7.92. The van der Waals surface area contributed by atoms with E-state index >= 15 is 0 Å². The Balaban J connectivity index is 1.52. The minimum absolute atomic E-state index is 0.0203. The van der Waals surface area contributed by atoms with Gasteiger partial charge in [0.2, 0.25) is 10.0 Å². The summed E-state index contributed by atoms with van der Waals surface area (Å²) in [5, 5.41) is 6.31. The number of hydrogen-bond acceptors (Lipinski definition) is 3. The number of hydrogen-bond donors (Lipinski definition) is 2. The van der Waals surface area contributed by atoms with Gasteiger partial charge in [0.05, 0.1) is 11.4 Å². The van der Waals surface area contributed by atoms with Crippen molar-refractivity contribution >= 4 is 21.7 Å². The molecule has 0 atom stereocenters. The number of anilines is 1. The van der Waals surface area contributed by atoms with Crippen molar-refractivity contribution in [3.8, 4) is 0 Å². The molecule has 0 bridgehead atoms. The molecule has 0 unspecified atom stereocenters. The summed E-state index contributed by atoms with van der Waals surface area (Å²) in [5.41, 5.74) is 4.25. The zero-order valence-corrected chi connectivity index (χ0v) is 16.6. The average Bonchev–Trinajstić information content (AvgIpc) is 3.09. The molecule has 2 aromatic rings. The van der Waals surface area contributed by atoms with Gasteiger partial charge in [-0.1, -0.05) is 48.0 Å². The van der Waals surface area contributed by atoms with Crippen LogP contribution in [0.25, 0.3) is 0 Å². The molecule has 0 spiro atoms. The molecule has 2 N–H and O–H groups in total. The molecule has 0 aromatic heterocycles. The largest absolute Gasteiger partial charge is 0.355 e. The molecule has 0 amide bonds. The van der Waals surface area contributed by atoms with Crippen molar-refractivity contribution in [3.63, 3.8) is 0 Å². The van der Waals surface area contributed by atoms with Crippen LogP contribution in [-0.4, -0.2) is 40.3 Å². The lowest BCUT2D eigenvalue weighted by Gasteiger charge is -2.20. The van der Waals surface area contributed by atoms with Crippen molar-refractivity contribution in [2.45, 2.75) is 19.9 Å². The molecular weight excluding hydrogens is 360 g/mol. The number of fused-ring (bicyclic) bond motifs is 1. The van der Waals surface area contributed by atoms with Gasteiger partial charge in [0.25, 0.3) is 0 Å². The minimum atomic E-state index is -3.36. The maximum atomic E-state index is 12.7. The molecule has 1 aliphatic rings. The van der Waals surface area contributed by atoms with Crippen molar-refractivity contribution in [1.29, 1.82) is 0 Å². The Labute approximate surface area is 161 Å². The lowest BCUT2D eigenvalue weighted by atomic mass is 10.1. The van der Waals surface area contributed by atoms with Crippen LogP contribution in [0.15, 0.2) is 53.5 Å². The first-order chi connectivity index (χ1) is 13.0. The highest BCUT2D eigenvalue weighted by Gasteiger charge is 2.28. The van der Waals surface area contributed by atoms with E-state index in [1.807, 2.05) is 36.4 Å². The summed E-state index contributed by atoms with van der Waals surface area (Å²) in [4.78, 5) is 4.16. The summed E-state index contributed by atoms with van der Waals surface area (Å²) in [6, 6.07) is 15.9. The molecule has 0 fully saturated rings. The van der Waals surface area contributed by atoms with Gasteiger partial charge in [-0.15, -0.1) is 0 Å². The number of rotatable bonds is 6. The van der Waals surface area contributed by atoms with Crippen LogP contribution in [0.5, 0.6) is 0 Å². The fourth-order valence-corrected chi connectivity index (χ4v) is 4.66. The number of nitrogens with zero attached hydrogens (tertiary/aromatic N) is 2. The fourth-order valence-electron chi connectivity index (χ4n) is 3.23. The van der Waals surface area contributed by atoms with Gasteiger partial charge >= 0.3 is 0 Å². The van der Waals surface area contributed by atoms with Crippen LogP contribution in [0.1, 0.15) is 16.7 Å². The maximum absolute atomic E-state index is 12.7. The Morgan fingerprint density at radius 2 is 1.96 bits per heavy atom. The molecule has 0 radical (unpaired) electrons. The SMILES string of the molecule is CN=C(NCCS(=O)(=O)N1CCc2ccccc21)NCc1cccc(C)c1. The van der Waals surface area contributed by atoms with Crippen molar-refractivity contribution < 1.29 is 8.42 Å². The zero-order chi connectivity index (χ0) is 19.3. The number of sulfonamides is 1. The third-order valence-corrected chi connectivity index (χ3v) is 6.37. The van der Waals surface area contributed by atoms with Gasteiger partial charge in [-0.3, -0.25) is 9.30 Å². The number of para-hydroxylation sites is 1.